The fourth-order valence-corrected chi connectivity index (χ4v) is 5.78. The molecule has 1 N–H and O–H groups in total. The number of aliphatic hydroxyl groups excluding tert-OH is 1. The molecule has 0 fully saturated rings. The number of hydrogen-bond acceptors (Lipinski definition) is 6. The topological polar surface area (TPSA) is 104 Å². The third-order valence-electron chi connectivity index (χ3n) is 8.00. The molecule has 1 aromatic carbocycles. The summed E-state index contributed by atoms with van der Waals surface area (Å²) in [7, 11) is 0. The van der Waals surface area contributed by atoms with E-state index in [1.807, 2.05) is 61.4 Å². The van der Waals surface area contributed by atoms with Crippen LogP contribution in [0.2, 0.25) is 0 Å². The van der Waals surface area contributed by atoms with Crippen molar-refractivity contribution in [3.05, 3.63) is 105 Å². The standard InChI is InChI=1S/C35H35ClN4O2/c1-34(2,3)27-18-24(11-10-23-14-15-40(16-17-41)31-9-7-6-8-28(23)31)32(36)25(19-27)12-13-30-29(22-39)33(26(20-37)21-38)42-35(30,4)5/h6-15,27,41H,16-19H2,1-5H3/b13-12+,23-10-,24-11+. The number of para-hydroxylation sites is 1. The first-order chi connectivity index (χ1) is 19.9. The number of halogens is 1. The zero-order valence-corrected chi connectivity index (χ0v) is 25.5. The van der Waals surface area contributed by atoms with E-state index in [0.29, 0.717) is 23.1 Å². The minimum Gasteiger partial charge on any atom is -0.480 e. The first-order valence-corrected chi connectivity index (χ1v) is 14.3. The summed E-state index contributed by atoms with van der Waals surface area (Å²) in [6.07, 6.45) is 13.6. The van der Waals surface area contributed by atoms with Crippen LogP contribution in [0.4, 0.5) is 5.69 Å². The van der Waals surface area contributed by atoms with E-state index in [1.165, 1.54) is 0 Å². The number of anilines is 1. The molecule has 0 radical (unpaired) electrons. The summed E-state index contributed by atoms with van der Waals surface area (Å²) >= 11 is 7.07. The SMILES string of the molecule is CC1(C)OC(=C(C#N)C#N)C(C#N)=C1/C=C/C1=C(Cl)C(=C/C=C2/C=CN(CCO)c3ccccc32)/CC(C(C)(C)C)C1. The van der Waals surface area contributed by atoms with Crippen LogP contribution in [-0.4, -0.2) is 23.9 Å². The Morgan fingerprint density at radius 2 is 1.83 bits per heavy atom. The highest BCUT2D eigenvalue weighted by atomic mass is 35.5. The van der Waals surface area contributed by atoms with Crippen LogP contribution in [0.1, 0.15) is 53.0 Å². The van der Waals surface area contributed by atoms with Crippen molar-refractivity contribution < 1.29 is 9.84 Å². The van der Waals surface area contributed by atoms with E-state index in [1.54, 1.807) is 0 Å². The number of ether oxygens (including phenoxy) is 1. The molecule has 0 bridgehead atoms. The quantitative estimate of drug-likeness (QED) is 0.358. The van der Waals surface area contributed by atoms with Gasteiger partial charge in [0.25, 0.3) is 0 Å². The average Bonchev–Trinajstić information content (AvgIpc) is 3.21. The van der Waals surface area contributed by atoms with Gasteiger partial charge >= 0.3 is 0 Å². The van der Waals surface area contributed by atoms with Crippen LogP contribution in [-0.2, 0) is 4.74 Å². The first kappa shape index (κ1) is 30.7. The molecule has 2 aliphatic heterocycles. The van der Waals surface area contributed by atoms with Gasteiger partial charge in [0, 0.05) is 34.6 Å². The van der Waals surface area contributed by atoms with Crippen molar-refractivity contribution in [1.82, 2.24) is 0 Å². The van der Waals surface area contributed by atoms with Crippen molar-refractivity contribution in [3.63, 3.8) is 0 Å². The maximum absolute atomic E-state index is 9.92. The van der Waals surface area contributed by atoms with Gasteiger partial charge in [0.15, 0.2) is 11.3 Å². The van der Waals surface area contributed by atoms with Gasteiger partial charge in [-0.1, -0.05) is 74.9 Å². The van der Waals surface area contributed by atoms with E-state index in [-0.39, 0.29) is 28.9 Å². The highest BCUT2D eigenvalue weighted by molar-refractivity contribution is 6.32. The molecular weight excluding hydrogens is 544 g/mol. The Balaban J connectivity index is 1.78. The van der Waals surface area contributed by atoms with Crippen LogP contribution in [0.25, 0.3) is 5.57 Å². The Bertz CT molecular complexity index is 1610. The van der Waals surface area contributed by atoms with Crippen LogP contribution in [0, 0.1) is 45.3 Å². The minimum atomic E-state index is -0.894. The Morgan fingerprint density at radius 1 is 1.12 bits per heavy atom. The van der Waals surface area contributed by atoms with Gasteiger partial charge in [0.05, 0.1) is 6.61 Å². The van der Waals surface area contributed by atoms with E-state index in [9.17, 15) is 20.9 Å². The Morgan fingerprint density at radius 3 is 2.48 bits per heavy atom. The molecule has 0 saturated heterocycles. The van der Waals surface area contributed by atoms with Crippen LogP contribution in [0.5, 0.6) is 0 Å². The molecule has 0 aromatic heterocycles. The molecule has 0 amide bonds. The number of fused-ring (bicyclic) bond motifs is 1. The molecule has 7 heteroatoms. The number of allylic oxidation sites excluding steroid dienone is 10. The van der Waals surface area contributed by atoms with Crippen LogP contribution in [0.15, 0.2) is 99.5 Å². The lowest BCUT2D eigenvalue weighted by Gasteiger charge is -2.35. The van der Waals surface area contributed by atoms with Gasteiger partial charge in [-0.05, 0) is 66.9 Å². The molecule has 214 valence electrons. The summed E-state index contributed by atoms with van der Waals surface area (Å²) in [6, 6.07) is 13.9. The minimum absolute atomic E-state index is 0.0222. The number of aliphatic hydroxyl groups is 1. The Labute approximate surface area is 253 Å². The Hall–Kier alpha value is -4.28. The summed E-state index contributed by atoms with van der Waals surface area (Å²) < 4.78 is 5.92. The lowest BCUT2D eigenvalue weighted by Crippen LogP contribution is -2.24. The maximum atomic E-state index is 9.92. The van der Waals surface area contributed by atoms with Crippen molar-refractivity contribution in [1.29, 1.82) is 15.8 Å². The molecule has 1 atom stereocenters. The van der Waals surface area contributed by atoms with Gasteiger partial charge < -0.3 is 14.7 Å². The fraction of sp³-hybridized carbons (Fsp3) is 0.343. The molecule has 4 rings (SSSR count). The highest BCUT2D eigenvalue weighted by Crippen LogP contribution is 2.46. The summed E-state index contributed by atoms with van der Waals surface area (Å²) in [5.41, 5.74) is 4.89. The number of nitrogens with zero attached hydrogens (tertiary/aromatic N) is 4. The van der Waals surface area contributed by atoms with Gasteiger partial charge in [-0.25, -0.2) is 0 Å². The highest BCUT2D eigenvalue weighted by Gasteiger charge is 2.39. The van der Waals surface area contributed by atoms with Crippen LogP contribution >= 0.6 is 11.6 Å². The van der Waals surface area contributed by atoms with Crippen LogP contribution in [0.3, 0.4) is 0 Å². The Kier molecular flexibility index (Phi) is 8.98. The van der Waals surface area contributed by atoms with Crippen molar-refractivity contribution in [2.45, 2.75) is 53.1 Å². The summed E-state index contributed by atoms with van der Waals surface area (Å²) in [6.45, 7) is 10.9. The largest absolute Gasteiger partial charge is 0.480 e. The number of β-amino-alcohol motifs (C(OH)–C–C–N with tert-alkyl or cyclic N) is 1. The first-order valence-electron chi connectivity index (χ1n) is 14.0. The van der Waals surface area contributed by atoms with Gasteiger partial charge in [-0.3, -0.25) is 0 Å². The predicted octanol–water partition coefficient (Wildman–Crippen LogP) is 7.76. The summed E-state index contributed by atoms with van der Waals surface area (Å²) in [5, 5.41) is 38.8. The van der Waals surface area contributed by atoms with Crippen molar-refractivity contribution >= 4 is 22.9 Å². The molecule has 1 unspecified atom stereocenters. The third-order valence-corrected chi connectivity index (χ3v) is 8.49. The second-order valence-corrected chi connectivity index (χ2v) is 12.5. The second-order valence-electron chi connectivity index (χ2n) is 12.1. The molecule has 0 spiro atoms. The molecule has 6 nitrogen and oxygen atoms in total. The number of nitriles is 3. The average molecular weight is 579 g/mol. The lowest BCUT2D eigenvalue weighted by molar-refractivity contribution is 0.0954. The summed E-state index contributed by atoms with van der Waals surface area (Å²) in [5.74, 6) is 0.351. The second kappa shape index (κ2) is 12.3. The molecule has 1 aromatic rings. The maximum Gasteiger partial charge on any atom is 0.172 e. The zero-order valence-electron chi connectivity index (χ0n) is 24.7. The van der Waals surface area contributed by atoms with Crippen molar-refractivity contribution in [2.24, 2.45) is 11.3 Å². The number of rotatable bonds is 5. The summed E-state index contributed by atoms with van der Waals surface area (Å²) in [4.78, 5) is 2.04. The van der Waals surface area contributed by atoms with Gasteiger partial charge in [-0.15, -0.1) is 0 Å². The van der Waals surface area contributed by atoms with E-state index in [4.69, 9.17) is 16.3 Å². The number of benzene rings is 1. The lowest BCUT2D eigenvalue weighted by atomic mass is 9.70. The predicted molar refractivity (Wildman–Crippen MR) is 166 cm³/mol. The molecule has 0 saturated carbocycles. The molecule has 1 aliphatic carbocycles. The normalized spacial score (nSPS) is 21.9. The van der Waals surface area contributed by atoms with Gasteiger partial charge in [0.1, 0.15) is 29.4 Å². The monoisotopic (exact) mass is 578 g/mol. The van der Waals surface area contributed by atoms with Gasteiger partial charge in [-0.2, -0.15) is 15.8 Å². The smallest absolute Gasteiger partial charge is 0.172 e. The van der Waals surface area contributed by atoms with E-state index in [0.717, 1.165) is 40.8 Å². The molecule has 2 heterocycles. The fourth-order valence-electron chi connectivity index (χ4n) is 5.50. The van der Waals surface area contributed by atoms with Crippen LogP contribution < -0.4 is 4.90 Å². The van der Waals surface area contributed by atoms with Crippen molar-refractivity contribution in [2.75, 3.05) is 18.1 Å². The third kappa shape index (κ3) is 6.14. The van der Waals surface area contributed by atoms with Gasteiger partial charge in [0.2, 0.25) is 0 Å². The number of hydrogen-bond donors (Lipinski definition) is 1. The van der Waals surface area contributed by atoms with E-state index in [2.05, 4.69) is 57.2 Å². The molecular formula is C35H35ClN4O2. The zero-order chi connectivity index (χ0) is 30.7. The van der Waals surface area contributed by atoms with Crippen molar-refractivity contribution in [3.8, 4) is 18.2 Å². The molecule has 3 aliphatic rings. The van der Waals surface area contributed by atoms with E-state index < -0.39 is 5.60 Å². The molecule has 42 heavy (non-hydrogen) atoms. The van der Waals surface area contributed by atoms with E-state index >= 15 is 0 Å².